The van der Waals surface area contributed by atoms with Gasteiger partial charge in [0.2, 0.25) is 0 Å². The average molecular weight is 186 g/mol. The van der Waals surface area contributed by atoms with Crippen LogP contribution in [0.3, 0.4) is 0 Å². The first-order chi connectivity index (χ1) is 6.65. The van der Waals surface area contributed by atoms with Crippen molar-refractivity contribution in [2.75, 3.05) is 0 Å². The zero-order valence-electron chi connectivity index (χ0n) is 8.85. The van der Waals surface area contributed by atoms with Crippen molar-refractivity contribution in [2.45, 2.75) is 27.2 Å². The van der Waals surface area contributed by atoms with E-state index in [1.165, 1.54) is 16.7 Å². The molecule has 0 aliphatic carbocycles. The Balaban J connectivity index is 3.10. The fourth-order valence-electron chi connectivity index (χ4n) is 1.56. The minimum Gasteiger partial charge on any atom is -0.302 e. The van der Waals surface area contributed by atoms with Crippen LogP contribution in [0.4, 0.5) is 0 Å². The summed E-state index contributed by atoms with van der Waals surface area (Å²) in [6.45, 7) is 6.17. The van der Waals surface area contributed by atoms with Crippen LogP contribution in [0.1, 0.15) is 28.7 Å². The molecule has 1 rings (SSSR count). The van der Waals surface area contributed by atoms with Crippen LogP contribution in [-0.4, -0.2) is 6.29 Å². The highest BCUT2D eigenvalue weighted by molar-refractivity contribution is 5.56. The molecule has 0 amide bonds. The third kappa shape index (κ3) is 2.47. The molecule has 0 saturated carbocycles. The third-order valence-corrected chi connectivity index (χ3v) is 2.08. The molecule has 0 aliphatic rings. The number of carbonyl (C=O) groups excluding carboxylic acids is 1. The molecule has 72 valence electrons. The molecule has 0 heterocycles. The maximum atomic E-state index is 10.1. The van der Waals surface area contributed by atoms with E-state index in [0.717, 1.165) is 11.8 Å². The number of benzene rings is 1. The largest absolute Gasteiger partial charge is 0.302 e. The number of aldehydes is 1. The van der Waals surface area contributed by atoms with Gasteiger partial charge in [-0.1, -0.05) is 29.5 Å². The maximum Gasteiger partial charge on any atom is 0.131 e. The molecule has 0 aliphatic heterocycles. The van der Waals surface area contributed by atoms with Crippen LogP contribution in [0.2, 0.25) is 0 Å². The Morgan fingerprint density at radius 1 is 1.21 bits per heavy atom. The Hall–Kier alpha value is -1.55. The van der Waals surface area contributed by atoms with Crippen LogP contribution in [0.15, 0.2) is 12.1 Å². The normalized spacial score (nSPS) is 9.07. The van der Waals surface area contributed by atoms with Gasteiger partial charge in [0.05, 0.1) is 6.42 Å². The van der Waals surface area contributed by atoms with Gasteiger partial charge in [-0.15, -0.1) is 0 Å². The SMILES string of the molecule is Cc1cc(C)c(C#CCC=O)c(C)c1. The molecular formula is C13H14O. The lowest BCUT2D eigenvalue weighted by Crippen LogP contribution is -1.89. The molecule has 0 radical (unpaired) electrons. The topological polar surface area (TPSA) is 17.1 Å². The van der Waals surface area contributed by atoms with Crippen molar-refractivity contribution in [3.05, 3.63) is 34.4 Å². The van der Waals surface area contributed by atoms with Crippen LogP contribution in [-0.2, 0) is 4.79 Å². The Morgan fingerprint density at radius 2 is 1.79 bits per heavy atom. The predicted molar refractivity (Wildman–Crippen MR) is 58.2 cm³/mol. The monoisotopic (exact) mass is 186 g/mol. The summed E-state index contributed by atoms with van der Waals surface area (Å²) in [5, 5.41) is 0. The highest BCUT2D eigenvalue weighted by Gasteiger charge is 1.99. The summed E-state index contributed by atoms with van der Waals surface area (Å²) in [5.41, 5.74) is 4.67. The quantitative estimate of drug-likeness (QED) is 0.486. The van der Waals surface area contributed by atoms with Gasteiger partial charge in [-0.05, 0) is 31.9 Å². The Bertz CT molecular complexity index is 382. The van der Waals surface area contributed by atoms with Crippen molar-refractivity contribution < 1.29 is 4.79 Å². The minimum atomic E-state index is 0.312. The van der Waals surface area contributed by atoms with E-state index in [2.05, 4.69) is 30.9 Å². The summed E-state index contributed by atoms with van der Waals surface area (Å²) < 4.78 is 0. The fraction of sp³-hybridized carbons (Fsp3) is 0.308. The second kappa shape index (κ2) is 4.62. The molecule has 14 heavy (non-hydrogen) atoms. The van der Waals surface area contributed by atoms with Gasteiger partial charge in [-0.3, -0.25) is 0 Å². The predicted octanol–water partition coefficient (Wildman–Crippen LogP) is 2.55. The lowest BCUT2D eigenvalue weighted by atomic mass is 10.0. The lowest BCUT2D eigenvalue weighted by Gasteiger charge is -2.04. The number of carbonyl (C=O) groups is 1. The molecule has 0 N–H and O–H groups in total. The third-order valence-electron chi connectivity index (χ3n) is 2.08. The molecule has 0 spiro atoms. The summed E-state index contributed by atoms with van der Waals surface area (Å²) in [6, 6.07) is 4.22. The summed E-state index contributed by atoms with van der Waals surface area (Å²) in [4.78, 5) is 10.1. The van der Waals surface area contributed by atoms with E-state index >= 15 is 0 Å². The van der Waals surface area contributed by atoms with Crippen LogP contribution in [0, 0.1) is 32.6 Å². The van der Waals surface area contributed by atoms with Crippen molar-refractivity contribution in [1.82, 2.24) is 0 Å². The van der Waals surface area contributed by atoms with E-state index in [4.69, 9.17) is 0 Å². The van der Waals surface area contributed by atoms with Crippen LogP contribution < -0.4 is 0 Å². The molecule has 1 heteroatoms. The summed E-state index contributed by atoms with van der Waals surface area (Å²) in [5.74, 6) is 5.86. The van der Waals surface area contributed by atoms with Crippen LogP contribution in [0.5, 0.6) is 0 Å². The van der Waals surface area contributed by atoms with Crippen molar-refractivity contribution in [2.24, 2.45) is 0 Å². The zero-order chi connectivity index (χ0) is 10.6. The van der Waals surface area contributed by atoms with Gasteiger partial charge in [0, 0.05) is 5.56 Å². The lowest BCUT2D eigenvalue weighted by molar-refractivity contribution is -0.107. The van der Waals surface area contributed by atoms with Crippen LogP contribution >= 0.6 is 0 Å². The molecule has 0 atom stereocenters. The summed E-state index contributed by atoms with van der Waals surface area (Å²) >= 11 is 0. The molecule has 0 saturated heterocycles. The van der Waals surface area contributed by atoms with E-state index in [1.54, 1.807) is 0 Å². The van der Waals surface area contributed by atoms with Crippen molar-refractivity contribution in [3.63, 3.8) is 0 Å². The first-order valence-corrected chi connectivity index (χ1v) is 4.65. The smallest absolute Gasteiger partial charge is 0.131 e. The second-order valence-corrected chi connectivity index (χ2v) is 3.45. The summed E-state index contributed by atoms with van der Waals surface area (Å²) in [7, 11) is 0. The second-order valence-electron chi connectivity index (χ2n) is 3.45. The van der Waals surface area contributed by atoms with Crippen molar-refractivity contribution in [1.29, 1.82) is 0 Å². The molecule has 0 unspecified atom stereocenters. The van der Waals surface area contributed by atoms with E-state index < -0.39 is 0 Å². The molecule has 1 aromatic rings. The number of aryl methyl sites for hydroxylation is 3. The van der Waals surface area contributed by atoms with Gasteiger partial charge in [0.25, 0.3) is 0 Å². The first-order valence-electron chi connectivity index (χ1n) is 4.65. The van der Waals surface area contributed by atoms with Crippen LogP contribution in [0.25, 0.3) is 0 Å². The molecule has 0 fully saturated rings. The highest BCUT2D eigenvalue weighted by Crippen LogP contribution is 2.14. The molecule has 1 aromatic carbocycles. The van der Waals surface area contributed by atoms with Crippen molar-refractivity contribution >= 4 is 6.29 Å². The molecule has 0 bridgehead atoms. The van der Waals surface area contributed by atoms with Gasteiger partial charge < -0.3 is 4.79 Å². The number of hydrogen-bond acceptors (Lipinski definition) is 1. The van der Waals surface area contributed by atoms with E-state index in [-0.39, 0.29) is 0 Å². The molecule has 0 aromatic heterocycles. The van der Waals surface area contributed by atoms with Gasteiger partial charge in [-0.2, -0.15) is 0 Å². The Morgan fingerprint density at radius 3 is 2.29 bits per heavy atom. The number of hydrogen-bond donors (Lipinski definition) is 0. The van der Waals surface area contributed by atoms with E-state index in [1.807, 2.05) is 13.8 Å². The van der Waals surface area contributed by atoms with Gasteiger partial charge >= 0.3 is 0 Å². The van der Waals surface area contributed by atoms with E-state index in [0.29, 0.717) is 6.42 Å². The standard InChI is InChI=1S/C13H14O/c1-10-8-11(2)13(12(3)9-10)6-4-5-7-14/h7-9H,5H2,1-3H3. The average Bonchev–Trinajstić information content (AvgIpc) is 2.09. The van der Waals surface area contributed by atoms with Crippen molar-refractivity contribution in [3.8, 4) is 11.8 Å². The molecule has 1 nitrogen and oxygen atoms in total. The Kier molecular flexibility index (Phi) is 3.48. The minimum absolute atomic E-state index is 0.312. The summed E-state index contributed by atoms with van der Waals surface area (Å²) in [6.07, 6.45) is 1.14. The number of rotatable bonds is 1. The fourth-order valence-corrected chi connectivity index (χ4v) is 1.56. The zero-order valence-corrected chi connectivity index (χ0v) is 8.85. The highest BCUT2D eigenvalue weighted by atomic mass is 16.1. The van der Waals surface area contributed by atoms with E-state index in [9.17, 15) is 4.79 Å². The Labute approximate surface area is 85.1 Å². The van der Waals surface area contributed by atoms with Gasteiger partial charge in [0.15, 0.2) is 0 Å². The molecular weight excluding hydrogens is 172 g/mol. The first kappa shape index (κ1) is 10.5. The van der Waals surface area contributed by atoms with Gasteiger partial charge in [-0.25, -0.2) is 0 Å². The van der Waals surface area contributed by atoms with Gasteiger partial charge in [0.1, 0.15) is 6.29 Å². The maximum absolute atomic E-state index is 10.1.